The second kappa shape index (κ2) is 16.6. The minimum atomic E-state index is -1.04. The van der Waals surface area contributed by atoms with Crippen molar-refractivity contribution in [2.45, 2.75) is 63.4 Å². The van der Waals surface area contributed by atoms with Crippen LogP contribution in [0.4, 0.5) is 28.4 Å². The lowest BCUT2D eigenvalue weighted by Crippen LogP contribution is -2.45. The molecule has 0 saturated heterocycles. The van der Waals surface area contributed by atoms with E-state index in [1.807, 2.05) is 54.6 Å². The first kappa shape index (κ1) is 40.0. The van der Waals surface area contributed by atoms with E-state index in [9.17, 15) is 24.6 Å². The summed E-state index contributed by atoms with van der Waals surface area (Å²) in [6.45, 7) is 0.0714. The van der Waals surface area contributed by atoms with E-state index in [-0.39, 0.29) is 37.4 Å². The number of rotatable bonds is 12. The first-order valence-electron chi connectivity index (χ1n) is 20.1. The van der Waals surface area contributed by atoms with Crippen molar-refractivity contribution in [3.8, 4) is 23.0 Å². The third-order valence-corrected chi connectivity index (χ3v) is 11.9. The first-order valence-corrected chi connectivity index (χ1v) is 20.7. The predicted molar refractivity (Wildman–Crippen MR) is 234 cm³/mol. The summed E-state index contributed by atoms with van der Waals surface area (Å²) in [7, 11) is 2.99. The van der Waals surface area contributed by atoms with Crippen LogP contribution in [0.1, 0.15) is 55.8 Å². The molecule has 0 fully saturated rings. The highest BCUT2D eigenvalue weighted by atomic mass is 32.1. The van der Waals surface area contributed by atoms with Gasteiger partial charge in [0.05, 0.1) is 48.8 Å². The van der Waals surface area contributed by atoms with E-state index in [1.165, 1.54) is 14.2 Å². The number of thiol groups is 1. The largest absolute Gasteiger partial charge is 0.493 e. The molecule has 5 aromatic rings. The Morgan fingerprint density at radius 1 is 0.705 bits per heavy atom. The van der Waals surface area contributed by atoms with Crippen LogP contribution in [0.15, 0.2) is 91.0 Å². The summed E-state index contributed by atoms with van der Waals surface area (Å²) in [4.78, 5) is 44.2. The molecule has 0 radical (unpaired) electrons. The molecule has 4 atom stereocenters. The van der Waals surface area contributed by atoms with Crippen molar-refractivity contribution in [1.82, 2.24) is 0 Å². The van der Waals surface area contributed by atoms with Gasteiger partial charge in [-0.25, -0.2) is 0 Å². The Labute approximate surface area is 357 Å². The molecule has 0 bridgehead atoms. The maximum Gasteiger partial charge on any atom is 0.260 e. The summed E-state index contributed by atoms with van der Waals surface area (Å²) in [5.74, 6) is 1.19. The van der Waals surface area contributed by atoms with Crippen LogP contribution in [0.5, 0.6) is 23.0 Å². The van der Waals surface area contributed by atoms with E-state index >= 15 is 0 Å². The summed E-state index contributed by atoms with van der Waals surface area (Å²) in [5, 5.41) is 31.8. The van der Waals surface area contributed by atoms with Gasteiger partial charge in [0.15, 0.2) is 23.0 Å². The molecule has 314 valence electrons. The number of anilines is 5. The quantitative estimate of drug-likeness (QED) is 0.0798. The number of hydrogen-bond acceptors (Lipinski definition) is 12. The average Bonchev–Trinajstić information content (AvgIpc) is 3.81. The molecule has 15 heteroatoms. The van der Waals surface area contributed by atoms with Gasteiger partial charge in [0, 0.05) is 35.6 Å². The molecule has 2 unspecified atom stereocenters. The molecular weight excluding hydrogens is 799 g/mol. The Balaban J connectivity index is 0.974. The third-order valence-electron chi connectivity index (χ3n) is 11.6. The number of aliphatic hydroxyl groups excluding tert-OH is 2. The summed E-state index contributed by atoms with van der Waals surface area (Å²) in [6, 6.07) is 26.3. The average molecular weight is 844 g/mol. The molecule has 3 amide bonds. The van der Waals surface area contributed by atoms with Gasteiger partial charge in [-0.1, -0.05) is 36.4 Å². The monoisotopic (exact) mass is 843 g/mol. The van der Waals surface area contributed by atoms with Gasteiger partial charge in [-0.15, -0.1) is 0 Å². The van der Waals surface area contributed by atoms with E-state index in [2.05, 4.69) is 28.6 Å². The zero-order valence-electron chi connectivity index (χ0n) is 33.5. The molecule has 0 aliphatic carbocycles. The molecular formula is C46H45N5O9S. The van der Waals surface area contributed by atoms with Crippen LogP contribution in [-0.4, -0.2) is 72.4 Å². The van der Waals surface area contributed by atoms with E-state index in [0.717, 1.165) is 22.5 Å². The van der Waals surface area contributed by atoms with Crippen molar-refractivity contribution in [2.24, 2.45) is 0 Å². The third kappa shape index (κ3) is 7.53. The second-order valence-electron chi connectivity index (χ2n) is 15.4. The number of nitrogens with zero attached hydrogens (tertiary/aromatic N) is 2. The molecule has 5 aromatic carbocycles. The number of hydrogen-bond donors (Lipinski definition) is 6. The standard InChI is InChI=1S/C46H45N5O9S/c1-57-38-19-30-32(48-43(53)36-17-27-8-3-5-10-34(27)50(36)45(30)55)21-40(38)59-23-25-14-26(16-29(15-25)47-42(52)12-7-13-61)24-60-41-22-33-31(20-39(41)58-2)46(56)51-35-11-6-4-9-28(35)18-37(51)44(54)49-33/h3-6,8-11,14-16,19-22,36-37,43-44,48-49,53-54,61H,7,12-13,17-18,23-24H2,1-2H3,(H,47,52)/t36-,37-,43?,44?/m0/s1. The maximum absolute atomic E-state index is 14.0. The molecule has 4 aliphatic heterocycles. The fourth-order valence-electron chi connectivity index (χ4n) is 8.67. The smallest absolute Gasteiger partial charge is 0.260 e. The summed E-state index contributed by atoms with van der Waals surface area (Å²) < 4.78 is 24.1. The number of methoxy groups -OCH3 is 2. The van der Waals surface area contributed by atoms with Gasteiger partial charge >= 0.3 is 0 Å². The number of para-hydroxylation sites is 2. The minimum Gasteiger partial charge on any atom is -0.493 e. The highest BCUT2D eigenvalue weighted by Gasteiger charge is 2.43. The Hall–Kier alpha value is -6.42. The molecule has 5 N–H and O–H groups in total. The minimum absolute atomic E-state index is 0.0357. The van der Waals surface area contributed by atoms with Gasteiger partial charge < -0.3 is 54.9 Å². The van der Waals surface area contributed by atoms with E-state index < -0.39 is 24.5 Å². The van der Waals surface area contributed by atoms with Crippen LogP contribution < -0.4 is 44.7 Å². The maximum atomic E-state index is 14.0. The van der Waals surface area contributed by atoms with Crippen LogP contribution in [-0.2, 0) is 30.8 Å². The molecule has 4 heterocycles. The fourth-order valence-corrected chi connectivity index (χ4v) is 8.83. The fraction of sp³-hybridized carbons (Fsp3) is 0.283. The second-order valence-corrected chi connectivity index (χ2v) is 15.9. The Morgan fingerprint density at radius 2 is 1.18 bits per heavy atom. The Bertz CT molecular complexity index is 2390. The van der Waals surface area contributed by atoms with Crippen molar-refractivity contribution in [3.63, 3.8) is 0 Å². The lowest BCUT2D eigenvalue weighted by Gasteiger charge is -2.26. The molecule has 14 nitrogen and oxygen atoms in total. The molecule has 0 spiro atoms. The number of amides is 3. The van der Waals surface area contributed by atoms with Crippen molar-refractivity contribution in [2.75, 3.05) is 45.7 Å². The van der Waals surface area contributed by atoms with Crippen molar-refractivity contribution in [1.29, 1.82) is 0 Å². The van der Waals surface area contributed by atoms with E-state index in [0.29, 0.717) is 87.3 Å². The molecule has 9 rings (SSSR count). The van der Waals surface area contributed by atoms with E-state index in [1.54, 1.807) is 46.2 Å². The number of aliphatic hydroxyl groups is 2. The van der Waals surface area contributed by atoms with Crippen LogP contribution in [0.3, 0.4) is 0 Å². The molecule has 61 heavy (non-hydrogen) atoms. The molecule has 0 saturated carbocycles. The van der Waals surface area contributed by atoms with Crippen LogP contribution in [0, 0.1) is 0 Å². The normalized spacial score (nSPS) is 19.4. The topological polar surface area (TPSA) is 171 Å². The number of fused-ring (bicyclic) bond motifs is 8. The van der Waals surface area contributed by atoms with Gasteiger partial charge in [-0.3, -0.25) is 14.4 Å². The van der Waals surface area contributed by atoms with Crippen LogP contribution >= 0.6 is 12.6 Å². The highest BCUT2D eigenvalue weighted by Crippen LogP contribution is 2.44. The number of carbonyl (C=O) groups excluding carboxylic acids is 3. The van der Waals surface area contributed by atoms with Crippen molar-refractivity contribution >= 4 is 58.8 Å². The predicted octanol–water partition coefficient (Wildman–Crippen LogP) is 6.14. The first-order chi connectivity index (χ1) is 29.6. The number of ether oxygens (including phenoxy) is 4. The zero-order valence-corrected chi connectivity index (χ0v) is 34.4. The van der Waals surface area contributed by atoms with E-state index in [4.69, 9.17) is 18.9 Å². The van der Waals surface area contributed by atoms with Crippen LogP contribution in [0.2, 0.25) is 0 Å². The highest BCUT2D eigenvalue weighted by molar-refractivity contribution is 7.80. The SMILES string of the molecule is COc1cc2c(cc1OCc1cc(COc3cc4c(cc3OC)C(=O)N3c5ccccc5C[C@H]3C(O)N4)cc(NC(=O)CCCS)c1)NC(O)[C@@H]1Cc3ccccc3N1C2=O. The van der Waals surface area contributed by atoms with Gasteiger partial charge in [0.1, 0.15) is 25.7 Å². The molecule has 4 aliphatic rings. The Morgan fingerprint density at radius 3 is 1.64 bits per heavy atom. The lowest BCUT2D eigenvalue weighted by molar-refractivity contribution is -0.116. The van der Waals surface area contributed by atoms with Gasteiger partial charge in [-0.2, -0.15) is 12.6 Å². The number of nitrogens with one attached hydrogen (secondary N) is 3. The lowest BCUT2D eigenvalue weighted by atomic mass is 10.1. The zero-order chi connectivity index (χ0) is 42.4. The Kier molecular flexibility index (Phi) is 10.9. The summed E-state index contributed by atoms with van der Waals surface area (Å²) in [6.07, 6.45) is -0.178. The summed E-state index contributed by atoms with van der Waals surface area (Å²) >= 11 is 4.25. The van der Waals surface area contributed by atoms with Crippen LogP contribution in [0.25, 0.3) is 0 Å². The van der Waals surface area contributed by atoms with Gasteiger partial charge in [0.25, 0.3) is 11.8 Å². The van der Waals surface area contributed by atoms with Crippen molar-refractivity contribution in [3.05, 3.63) is 124 Å². The van der Waals surface area contributed by atoms with Gasteiger partial charge in [0.2, 0.25) is 5.91 Å². The number of carbonyl (C=O) groups is 3. The van der Waals surface area contributed by atoms with Crippen molar-refractivity contribution < 1.29 is 43.5 Å². The van der Waals surface area contributed by atoms with Gasteiger partial charge in [-0.05, 0) is 89.7 Å². The number of benzene rings is 5. The summed E-state index contributed by atoms with van der Waals surface area (Å²) in [5.41, 5.74) is 6.88. The molecule has 0 aromatic heterocycles.